The van der Waals surface area contributed by atoms with Crippen molar-refractivity contribution in [1.82, 2.24) is 10.2 Å². The summed E-state index contributed by atoms with van der Waals surface area (Å²) >= 11 is 1.34. The molecule has 0 radical (unpaired) electrons. The van der Waals surface area contributed by atoms with Crippen molar-refractivity contribution in [3.05, 3.63) is 34.8 Å². The molecule has 0 bridgehead atoms. The maximum Gasteiger partial charge on any atom is 0.227 e. The molecular formula is C17H23N3O3S2. The van der Waals surface area contributed by atoms with E-state index in [2.05, 4.69) is 22.4 Å². The Balaban J connectivity index is 1.85. The van der Waals surface area contributed by atoms with Gasteiger partial charge in [-0.05, 0) is 25.5 Å². The van der Waals surface area contributed by atoms with Gasteiger partial charge >= 0.3 is 0 Å². The van der Waals surface area contributed by atoms with Crippen LogP contribution < -0.4 is 5.32 Å². The van der Waals surface area contributed by atoms with E-state index in [0.717, 1.165) is 36.3 Å². The van der Waals surface area contributed by atoms with Crippen LogP contribution in [0.3, 0.4) is 0 Å². The Bertz CT molecular complexity index is 799. The summed E-state index contributed by atoms with van der Waals surface area (Å²) in [7, 11) is -3.47. The van der Waals surface area contributed by atoms with Crippen molar-refractivity contribution >= 4 is 32.2 Å². The standard InChI is InChI=1S/C17H23N3O3S2/c1-3-4-5-6-16-19-20-17(24-16)18-15(21)11-12-25(22,23)14-9-7-13(2)8-10-14/h7-10H,3-6,11-12H2,1-2H3,(H,18,20,21). The molecular weight excluding hydrogens is 358 g/mol. The number of aromatic nitrogens is 2. The fourth-order valence-electron chi connectivity index (χ4n) is 2.20. The first-order chi connectivity index (χ1) is 11.9. The molecule has 136 valence electrons. The highest BCUT2D eigenvalue weighted by molar-refractivity contribution is 7.91. The average molecular weight is 382 g/mol. The van der Waals surface area contributed by atoms with Crippen LogP contribution in [0.4, 0.5) is 5.13 Å². The fraction of sp³-hybridized carbons (Fsp3) is 0.471. The molecule has 1 amide bonds. The number of unbranched alkanes of at least 4 members (excludes halogenated alkanes) is 2. The van der Waals surface area contributed by atoms with Gasteiger partial charge in [-0.2, -0.15) is 0 Å². The predicted octanol–water partition coefficient (Wildman–Crippen LogP) is 3.38. The minimum absolute atomic E-state index is 0.110. The quantitative estimate of drug-likeness (QED) is 0.673. The molecule has 0 aliphatic heterocycles. The third kappa shape index (κ3) is 6.21. The van der Waals surface area contributed by atoms with Crippen LogP contribution in [0.5, 0.6) is 0 Å². The minimum Gasteiger partial charge on any atom is -0.301 e. The topological polar surface area (TPSA) is 89.0 Å². The van der Waals surface area contributed by atoms with E-state index in [4.69, 9.17) is 0 Å². The molecule has 0 aliphatic rings. The number of hydrogen-bond donors (Lipinski definition) is 1. The van der Waals surface area contributed by atoms with Crippen LogP contribution in [0.15, 0.2) is 29.2 Å². The van der Waals surface area contributed by atoms with Crippen molar-refractivity contribution in [3.8, 4) is 0 Å². The van der Waals surface area contributed by atoms with E-state index in [0.29, 0.717) is 5.13 Å². The lowest BCUT2D eigenvalue weighted by atomic mass is 10.2. The number of nitrogens with zero attached hydrogens (tertiary/aromatic N) is 2. The fourth-order valence-corrected chi connectivity index (χ4v) is 4.24. The molecule has 0 fully saturated rings. The third-order valence-electron chi connectivity index (χ3n) is 3.69. The Hall–Kier alpha value is -1.80. The van der Waals surface area contributed by atoms with Crippen LogP contribution in [0.1, 0.15) is 43.2 Å². The number of benzene rings is 1. The van der Waals surface area contributed by atoms with Gasteiger partial charge in [0.1, 0.15) is 5.01 Å². The Morgan fingerprint density at radius 1 is 1.16 bits per heavy atom. The highest BCUT2D eigenvalue weighted by atomic mass is 32.2. The van der Waals surface area contributed by atoms with Gasteiger partial charge in [0.05, 0.1) is 10.6 Å². The second kappa shape index (κ2) is 9.05. The summed E-state index contributed by atoms with van der Waals surface area (Å²) < 4.78 is 24.5. The Kier molecular flexibility index (Phi) is 7.07. The summed E-state index contributed by atoms with van der Waals surface area (Å²) in [6, 6.07) is 6.62. The first-order valence-electron chi connectivity index (χ1n) is 8.32. The average Bonchev–Trinajstić information content (AvgIpc) is 3.01. The normalized spacial score (nSPS) is 11.4. The van der Waals surface area contributed by atoms with Crippen molar-refractivity contribution in [2.75, 3.05) is 11.1 Å². The Morgan fingerprint density at radius 3 is 2.56 bits per heavy atom. The van der Waals surface area contributed by atoms with Crippen LogP contribution in [0.2, 0.25) is 0 Å². The SMILES string of the molecule is CCCCCc1nnc(NC(=O)CCS(=O)(=O)c2ccc(C)cc2)s1. The molecule has 0 saturated heterocycles. The van der Waals surface area contributed by atoms with Crippen molar-refractivity contribution in [3.63, 3.8) is 0 Å². The monoisotopic (exact) mass is 381 g/mol. The minimum atomic E-state index is -3.47. The molecule has 2 aromatic rings. The number of hydrogen-bond acceptors (Lipinski definition) is 6. The summed E-state index contributed by atoms with van der Waals surface area (Å²) in [5.41, 5.74) is 0.989. The highest BCUT2D eigenvalue weighted by Gasteiger charge is 2.17. The van der Waals surface area contributed by atoms with E-state index in [1.165, 1.54) is 11.3 Å². The zero-order chi connectivity index (χ0) is 18.3. The second-order valence-corrected chi connectivity index (χ2v) is 9.06. The van der Waals surface area contributed by atoms with Gasteiger partial charge in [0.2, 0.25) is 11.0 Å². The van der Waals surface area contributed by atoms with E-state index in [1.54, 1.807) is 24.3 Å². The lowest BCUT2D eigenvalue weighted by Crippen LogP contribution is -2.17. The maximum absolute atomic E-state index is 12.2. The van der Waals surface area contributed by atoms with Crippen LogP contribution in [0, 0.1) is 6.92 Å². The van der Waals surface area contributed by atoms with E-state index in [-0.39, 0.29) is 23.0 Å². The van der Waals surface area contributed by atoms with Gasteiger partial charge in [-0.3, -0.25) is 4.79 Å². The molecule has 0 spiro atoms. The zero-order valence-corrected chi connectivity index (χ0v) is 16.1. The van der Waals surface area contributed by atoms with Crippen molar-refractivity contribution in [2.45, 2.75) is 50.8 Å². The molecule has 0 atom stereocenters. The third-order valence-corrected chi connectivity index (χ3v) is 6.32. The summed E-state index contributed by atoms with van der Waals surface area (Å²) in [5.74, 6) is -0.601. The number of aryl methyl sites for hydroxylation is 2. The Labute approximate surface area is 152 Å². The van der Waals surface area contributed by atoms with Gasteiger partial charge in [0.15, 0.2) is 9.84 Å². The van der Waals surface area contributed by atoms with Crippen LogP contribution >= 0.6 is 11.3 Å². The van der Waals surface area contributed by atoms with Crippen LogP contribution in [-0.4, -0.2) is 30.3 Å². The smallest absolute Gasteiger partial charge is 0.227 e. The first-order valence-corrected chi connectivity index (χ1v) is 10.8. The molecule has 1 N–H and O–H groups in total. The molecule has 2 rings (SSSR count). The molecule has 25 heavy (non-hydrogen) atoms. The number of anilines is 1. The van der Waals surface area contributed by atoms with Gasteiger partial charge in [0.25, 0.3) is 0 Å². The second-order valence-electron chi connectivity index (χ2n) is 5.89. The summed E-state index contributed by atoms with van der Waals surface area (Å²) in [5, 5.41) is 11.9. The highest BCUT2D eigenvalue weighted by Crippen LogP contribution is 2.18. The number of carbonyl (C=O) groups excluding carboxylic acids is 1. The summed E-state index contributed by atoms with van der Waals surface area (Å²) in [6.45, 7) is 4.03. The van der Waals surface area contributed by atoms with Crippen LogP contribution in [0.25, 0.3) is 0 Å². The Morgan fingerprint density at radius 2 is 1.88 bits per heavy atom. The largest absolute Gasteiger partial charge is 0.301 e. The van der Waals surface area contributed by atoms with Gasteiger partial charge in [-0.15, -0.1) is 10.2 Å². The molecule has 1 aromatic carbocycles. The van der Waals surface area contributed by atoms with Gasteiger partial charge in [-0.25, -0.2) is 8.42 Å². The van der Waals surface area contributed by atoms with Crippen molar-refractivity contribution < 1.29 is 13.2 Å². The molecule has 8 heteroatoms. The molecule has 1 aromatic heterocycles. The van der Waals surface area contributed by atoms with Crippen molar-refractivity contribution in [1.29, 1.82) is 0 Å². The number of nitrogens with one attached hydrogen (secondary N) is 1. The summed E-state index contributed by atoms with van der Waals surface area (Å²) in [6.07, 6.45) is 4.06. The lowest BCUT2D eigenvalue weighted by Gasteiger charge is -2.05. The number of carbonyl (C=O) groups is 1. The molecule has 0 aliphatic carbocycles. The molecule has 6 nitrogen and oxygen atoms in total. The van der Waals surface area contributed by atoms with E-state index in [9.17, 15) is 13.2 Å². The van der Waals surface area contributed by atoms with E-state index < -0.39 is 9.84 Å². The lowest BCUT2D eigenvalue weighted by molar-refractivity contribution is -0.115. The van der Waals surface area contributed by atoms with Gasteiger partial charge < -0.3 is 5.32 Å². The maximum atomic E-state index is 12.2. The zero-order valence-electron chi connectivity index (χ0n) is 14.5. The number of rotatable bonds is 9. The van der Waals surface area contributed by atoms with E-state index >= 15 is 0 Å². The summed E-state index contributed by atoms with van der Waals surface area (Å²) in [4.78, 5) is 12.2. The van der Waals surface area contributed by atoms with Crippen molar-refractivity contribution in [2.24, 2.45) is 0 Å². The van der Waals surface area contributed by atoms with Gasteiger partial charge in [-0.1, -0.05) is 48.8 Å². The number of sulfone groups is 1. The molecule has 1 heterocycles. The molecule has 0 saturated carbocycles. The number of amides is 1. The molecule has 0 unspecified atom stereocenters. The van der Waals surface area contributed by atoms with Crippen LogP contribution in [-0.2, 0) is 21.1 Å². The van der Waals surface area contributed by atoms with E-state index in [1.807, 2.05) is 6.92 Å². The van der Waals surface area contributed by atoms with Gasteiger partial charge in [0, 0.05) is 12.8 Å². The predicted molar refractivity (Wildman–Crippen MR) is 99.6 cm³/mol. The first kappa shape index (κ1) is 19.5.